The Morgan fingerprint density at radius 2 is 1.81 bits per heavy atom. The van der Waals surface area contributed by atoms with E-state index >= 15 is 0 Å². The molecule has 1 N–H and O–H groups in total. The van der Waals surface area contributed by atoms with Crippen LogP contribution in [0.25, 0.3) is 0 Å². The van der Waals surface area contributed by atoms with Crippen molar-refractivity contribution in [2.75, 3.05) is 40.5 Å². The van der Waals surface area contributed by atoms with Crippen LogP contribution in [-0.2, 0) is 25.2 Å². The molecule has 0 bridgehead atoms. The molecule has 0 aliphatic carbocycles. The van der Waals surface area contributed by atoms with Gasteiger partial charge in [0.2, 0.25) is 11.8 Å². The zero-order valence-corrected chi connectivity index (χ0v) is 18.8. The van der Waals surface area contributed by atoms with E-state index in [1.807, 2.05) is 47.4 Å². The van der Waals surface area contributed by atoms with Crippen LogP contribution in [0.5, 0.6) is 5.75 Å². The number of amides is 2. The number of hydrogen-bond acceptors (Lipinski definition) is 5. The zero-order valence-electron chi connectivity index (χ0n) is 18.8. The van der Waals surface area contributed by atoms with Gasteiger partial charge in [0.1, 0.15) is 11.2 Å². The lowest BCUT2D eigenvalue weighted by molar-refractivity contribution is -0.145. The van der Waals surface area contributed by atoms with Crippen LogP contribution >= 0.6 is 0 Å². The van der Waals surface area contributed by atoms with E-state index in [2.05, 4.69) is 10.3 Å². The van der Waals surface area contributed by atoms with Gasteiger partial charge in [0, 0.05) is 39.5 Å². The topological polar surface area (TPSA) is 80.8 Å². The Morgan fingerprint density at radius 3 is 2.44 bits per heavy atom. The summed E-state index contributed by atoms with van der Waals surface area (Å²) in [4.78, 5) is 33.7. The maximum atomic E-state index is 14.1. The Hall–Kier alpha value is -2.93. The van der Waals surface area contributed by atoms with Gasteiger partial charge in [-0.1, -0.05) is 18.2 Å². The summed E-state index contributed by atoms with van der Waals surface area (Å²) >= 11 is 0. The number of benzene rings is 1. The van der Waals surface area contributed by atoms with Gasteiger partial charge in [0.05, 0.1) is 18.2 Å². The second-order valence-electron chi connectivity index (χ2n) is 8.63. The average Bonchev–Trinajstić information content (AvgIpc) is 2.88. The number of pyridine rings is 1. The minimum Gasteiger partial charge on any atom is -0.497 e. The highest BCUT2D eigenvalue weighted by molar-refractivity contribution is 5.92. The molecule has 7 nitrogen and oxygen atoms in total. The smallest absolute Gasteiger partial charge is 0.233 e. The molecule has 0 unspecified atom stereocenters. The van der Waals surface area contributed by atoms with Crippen molar-refractivity contribution in [3.05, 3.63) is 59.9 Å². The number of aromatic nitrogens is 1. The number of ether oxygens (including phenoxy) is 2. The molecule has 2 aliphatic rings. The number of methoxy groups -OCH3 is 1. The Morgan fingerprint density at radius 1 is 1.06 bits per heavy atom. The minimum absolute atomic E-state index is 0.0647. The van der Waals surface area contributed by atoms with Crippen molar-refractivity contribution < 1.29 is 19.1 Å². The summed E-state index contributed by atoms with van der Waals surface area (Å²) in [5.74, 6) is 0.726. The van der Waals surface area contributed by atoms with Crippen molar-refractivity contribution in [3.8, 4) is 5.75 Å². The number of piperidine rings is 1. The quantitative estimate of drug-likeness (QED) is 0.777. The lowest BCUT2D eigenvalue weighted by atomic mass is 9.71. The summed E-state index contributed by atoms with van der Waals surface area (Å²) in [6, 6.07) is 13.4. The summed E-state index contributed by atoms with van der Waals surface area (Å²) < 4.78 is 10.9. The highest BCUT2D eigenvalue weighted by Gasteiger charge is 2.50. The van der Waals surface area contributed by atoms with Crippen LogP contribution in [0.1, 0.15) is 36.9 Å². The molecule has 1 aromatic carbocycles. The molecule has 2 fully saturated rings. The molecule has 4 rings (SSSR count). The summed E-state index contributed by atoms with van der Waals surface area (Å²) in [5, 5.41) is 2.82. The van der Waals surface area contributed by atoms with Crippen molar-refractivity contribution >= 4 is 11.8 Å². The molecule has 170 valence electrons. The van der Waals surface area contributed by atoms with E-state index in [9.17, 15) is 9.59 Å². The molecule has 2 aromatic rings. The summed E-state index contributed by atoms with van der Waals surface area (Å²) in [6.07, 6.45) is 4.34. The summed E-state index contributed by atoms with van der Waals surface area (Å²) in [5.41, 5.74) is 0.166. The van der Waals surface area contributed by atoms with Gasteiger partial charge in [0.25, 0.3) is 0 Å². The fraction of sp³-hybridized carbons (Fsp3) is 0.480. The van der Waals surface area contributed by atoms with Crippen LogP contribution in [0.2, 0.25) is 0 Å². The van der Waals surface area contributed by atoms with Crippen molar-refractivity contribution in [3.63, 3.8) is 0 Å². The van der Waals surface area contributed by atoms with Crippen LogP contribution in [0.3, 0.4) is 0 Å². The maximum absolute atomic E-state index is 14.1. The lowest BCUT2D eigenvalue weighted by Crippen LogP contribution is -2.59. The number of likely N-dealkylation sites (tertiary alicyclic amines) is 1. The highest BCUT2D eigenvalue weighted by Crippen LogP contribution is 2.40. The van der Waals surface area contributed by atoms with Gasteiger partial charge in [-0.05, 0) is 55.5 Å². The molecule has 2 aliphatic heterocycles. The van der Waals surface area contributed by atoms with Crippen LogP contribution < -0.4 is 10.1 Å². The molecule has 0 saturated carbocycles. The average molecular weight is 438 g/mol. The number of carbonyl (C=O) groups is 2. The normalized spacial score (nSPS) is 22.8. The van der Waals surface area contributed by atoms with Gasteiger partial charge in [-0.15, -0.1) is 0 Å². The number of nitrogens with zero attached hydrogens (tertiary/aromatic N) is 2. The minimum atomic E-state index is -0.851. The summed E-state index contributed by atoms with van der Waals surface area (Å²) in [7, 11) is 3.28. The zero-order chi connectivity index (χ0) is 22.6. The predicted octanol–water partition coefficient (Wildman–Crippen LogP) is 2.44. The van der Waals surface area contributed by atoms with Crippen LogP contribution in [0.15, 0.2) is 48.7 Å². The molecular formula is C25H31N3O4. The summed E-state index contributed by atoms with van der Waals surface area (Å²) in [6.45, 7) is 2.02. The van der Waals surface area contributed by atoms with Gasteiger partial charge in [-0.2, -0.15) is 0 Å². The van der Waals surface area contributed by atoms with Crippen molar-refractivity contribution in [2.24, 2.45) is 0 Å². The first-order valence-corrected chi connectivity index (χ1v) is 11.2. The SMILES string of the molecule is CNC(=O)[C@@]1(c2ccccn2)CCCN(C(=O)C2(c3ccc(OC)cc3)CCOCC2)C1. The molecule has 7 heteroatoms. The van der Waals surface area contributed by atoms with E-state index in [0.29, 0.717) is 51.3 Å². The van der Waals surface area contributed by atoms with Crippen molar-refractivity contribution in [2.45, 2.75) is 36.5 Å². The molecule has 2 amide bonds. The molecular weight excluding hydrogens is 406 g/mol. The standard InChI is InChI=1S/C25H31N3O4/c1-26-22(29)25(21-6-3-4-14-27-21)11-5-15-28(18-25)23(30)24(12-16-32-17-13-24)19-7-9-20(31-2)10-8-19/h3-4,6-10,14H,5,11-13,15-18H2,1-2H3,(H,26,29)/t25-/m0/s1. The Kier molecular flexibility index (Phi) is 6.46. The van der Waals surface area contributed by atoms with E-state index in [-0.39, 0.29) is 11.8 Å². The first kappa shape index (κ1) is 22.3. The van der Waals surface area contributed by atoms with E-state index < -0.39 is 10.8 Å². The van der Waals surface area contributed by atoms with Gasteiger partial charge in [-0.3, -0.25) is 14.6 Å². The number of likely N-dealkylation sites (N-methyl/N-ethyl adjacent to an activating group) is 1. The van der Waals surface area contributed by atoms with Crippen LogP contribution in [-0.4, -0.2) is 62.2 Å². The molecule has 3 heterocycles. The third-order valence-corrected chi connectivity index (χ3v) is 6.99. The number of hydrogen-bond donors (Lipinski definition) is 1. The first-order valence-electron chi connectivity index (χ1n) is 11.2. The number of nitrogens with one attached hydrogen (secondary N) is 1. The first-order chi connectivity index (χ1) is 15.6. The van der Waals surface area contributed by atoms with Gasteiger partial charge < -0.3 is 19.7 Å². The molecule has 0 radical (unpaired) electrons. The molecule has 2 saturated heterocycles. The lowest BCUT2D eigenvalue weighted by Gasteiger charge is -2.46. The van der Waals surface area contributed by atoms with Gasteiger partial charge in [-0.25, -0.2) is 0 Å². The van der Waals surface area contributed by atoms with Crippen molar-refractivity contribution in [1.29, 1.82) is 0 Å². The fourth-order valence-electron chi connectivity index (χ4n) is 5.18. The van der Waals surface area contributed by atoms with Crippen LogP contribution in [0, 0.1) is 0 Å². The molecule has 1 aromatic heterocycles. The number of rotatable bonds is 5. The predicted molar refractivity (Wildman–Crippen MR) is 121 cm³/mol. The fourth-order valence-corrected chi connectivity index (χ4v) is 5.18. The monoisotopic (exact) mass is 437 g/mol. The maximum Gasteiger partial charge on any atom is 0.233 e. The van der Waals surface area contributed by atoms with Crippen molar-refractivity contribution in [1.82, 2.24) is 15.2 Å². The largest absolute Gasteiger partial charge is 0.497 e. The van der Waals surface area contributed by atoms with E-state index in [1.54, 1.807) is 20.4 Å². The molecule has 0 spiro atoms. The van der Waals surface area contributed by atoms with E-state index in [0.717, 1.165) is 17.7 Å². The Bertz CT molecular complexity index is 941. The molecule has 1 atom stereocenters. The third-order valence-electron chi connectivity index (χ3n) is 6.99. The second-order valence-corrected chi connectivity index (χ2v) is 8.63. The van der Waals surface area contributed by atoms with Gasteiger partial charge >= 0.3 is 0 Å². The van der Waals surface area contributed by atoms with Crippen LogP contribution in [0.4, 0.5) is 0 Å². The Labute approximate surface area is 189 Å². The van der Waals surface area contributed by atoms with E-state index in [1.165, 1.54) is 0 Å². The Balaban J connectivity index is 1.70. The molecule has 32 heavy (non-hydrogen) atoms. The highest BCUT2D eigenvalue weighted by atomic mass is 16.5. The van der Waals surface area contributed by atoms with E-state index in [4.69, 9.17) is 9.47 Å². The van der Waals surface area contributed by atoms with Gasteiger partial charge in [0.15, 0.2) is 0 Å². The number of carbonyl (C=O) groups excluding carboxylic acids is 2. The third kappa shape index (κ3) is 3.86. The second kappa shape index (κ2) is 9.28.